The number of amides is 1. The minimum absolute atomic E-state index is 0. The number of hydrogen-bond donors (Lipinski definition) is 3. The van der Waals surface area contributed by atoms with Crippen LogP contribution in [0.25, 0.3) is 11.1 Å². The number of carbonyl (C=O) groups is 1. The second kappa shape index (κ2) is 10.8. The molecule has 0 radical (unpaired) electrons. The van der Waals surface area contributed by atoms with E-state index in [9.17, 15) is 27.4 Å². The van der Waals surface area contributed by atoms with Crippen LogP contribution in [0.3, 0.4) is 0 Å². The van der Waals surface area contributed by atoms with E-state index in [1.54, 1.807) is 29.7 Å². The Balaban J connectivity index is 0.00000363. The van der Waals surface area contributed by atoms with Crippen molar-refractivity contribution in [2.75, 3.05) is 6.67 Å². The summed E-state index contributed by atoms with van der Waals surface area (Å²) in [7, 11) is -5.38. The van der Waals surface area contributed by atoms with Gasteiger partial charge >= 0.3 is 36.0 Å². The van der Waals surface area contributed by atoms with E-state index in [1.165, 1.54) is 12.1 Å². The molecule has 0 saturated heterocycles. The summed E-state index contributed by atoms with van der Waals surface area (Å²) in [6, 6.07) is 7.68. The molecule has 2 aromatic rings. The molecule has 3 rings (SSSR count). The van der Waals surface area contributed by atoms with E-state index in [4.69, 9.17) is 10.6 Å². The molecule has 1 saturated carbocycles. The van der Waals surface area contributed by atoms with Gasteiger partial charge in [0.05, 0.1) is 17.3 Å². The van der Waals surface area contributed by atoms with Gasteiger partial charge in [0.15, 0.2) is 0 Å². The van der Waals surface area contributed by atoms with Gasteiger partial charge in [-0.05, 0) is 30.0 Å². The largest absolute Gasteiger partial charge is 1.00 e. The van der Waals surface area contributed by atoms with E-state index < -0.39 is 39.0 Å². The third-order valence-corrected chi connectivity index (χ3v) is 5.43. The molecular weight excluding hydrogens is 461 g/mol. The average molecular weight is 481 g/mol. The number of rotatable bonds is 9. The molecule has 1 aromatic carbocycles. The maximum Gasteiger partial charge on any atom is 1.00 e. The number of nitrogens with two attached hydrogens (primary N) is 1. The van der Waals surface area contributed by atoms with Gasteiger partial charge in [0.1, 0.15) is 12.8 Å². The van der Waals surface area contributed by atoms with Crippen molar-refractivity contribution in [3.8, 4) is 11.1 Å². The molecule has 1 aliphatic carbocycles. The fourth-order valence-electron chi connectivity index (χ4n) is 3.07. The van der Waals surface area contributed by atoms with Crippen LogP contribution in [0, 0.1) is 0 Å². The maximum atomic E-state index is 13.4. The molecular formula is C19H20F3N3NaO5P. The number of phosphoric acid groups is 1. The smallest absolute Gasteiger partial charge is 0.756 e. The van der Waals surface area contributed by atoms with Crippen LogP contribution in [0.5, 0.6) is 0 Å². The zero-order valence-electron chi connectivity index (χ0n) is 17.1. The SMILES string of the molecule is NC1(c2ccc(-c3ccc([C@@H](OP(=O)([O-])O)[C@@H](CF)NC(=O)C(F)F)cc3)cn2)CC1.[Na+]. The summed E-state index contributed by atoms with van der Waals surface area (Å²) < 4.78 is 54.2. The number of phosphoric ester groups is 1. The molecule has 1 unspecified atom stereocenters. The molecule has 1 fully saturated rings. The Bertz CT molecular complexity index is 971. The average Bonchev–Trinajstić information content (AvgIpc) is 3.48. The Kier molecular flexibility index (Phi) is 9.05. The molecule has 1 amide bonds. The minimum atomic E-state index is -5.38. The van der Waals surface area contributed by atoms with Gasteiger partial charge in [0, 0.05) is 11.8 Å². The summed E-state index contributed by atoms with van der Waals surface area (Å²) >= 11 is 0. The van der Waals surface area contributed by atoms with Crippen molar-refractivity contribution in [2.45, 2.75) is 37.0 Å². The first-order valence-electron chi connectivity index (χ1n) is 9.25. The van der Waals surface area contributed by atoms with Gasteiger partial charge in [0.2, 0.25) is 0 Å². The first-order chi connectivity index (χ1) is 14.5. The van der Waals surface area contributed by atoms with Gasteiger partial charge in [-0.2, -0.15) is 8.78 Å². The predicted molar refractivity (Wildman–Crippen MR) is 102 cm³/mol. The van der Waals surface area contributed by atoms with E-state index >= 15 is 0 Å². The number of aromatic nitrogens is 1. The Morgan fingerprint density at radius 3 is 2.28 bits per heavy atom. The zero-order valence-corrected chi connectivity index (χ0v) is 20.0. The second-order valence-corrected chi connectivity index (χ2v) is 8.42. The second-order valence-electron chi connectivity index (χ2n) is 7.27. The van der Waals surface area contributed by atoms with Crippen molar-refractivity contribution in [2.24, 2.45) is 5.73 Å². The Morgan fingerprint density at radius 2 is 1.84 bits per heavy atom. The van der Waals surface area contributed by atoms with E-state index in [0.717, 1.165) is 24.1 Å². The number of halogens is 3. The van der Waals surface area contributed by atoms with Crippen LogP contribution in [-0.2, 0) is 19.4 Å². The van der Waals surface area contributed by atoms with Crippen LogP contribution in [0.2, 0.25) is 0 Å². The van der Waals surface area contributed by atoms with Crippen molar-refractivity contribution >= 4 is 13.7 Å². The fourth-order valence-corrected chi connectivity index (χ4v) is 3.62. The van der Waals surface area contributed by atoms with Crippen LogP contribution in [0.15, 0.2) is 42.6 Å². The molecule has 1 aliphatic rings. The molecule has 0 aliphatic heterocycles. The first kappa shape index (κ1) is 26.9. The molecule has 4 N–H and O–H groups in total. The van der Waals surface area contributed by atoms with Crippen molar-refractivity contribution in [1.82, 2.24) is 10.3 Å². The van der Waals surface area contributed by atoms with Gasteiger partial charge < -0.3 is 25.4 Å². The van der Waals surface area contributed by atoms with Crippen molar-refractivity contribution < 1.29 is 66.4 Å². The molecule has 1 aromatic heterocycles. The number of hydrogen-bond acceptors (Lipinski definition) is 6. The van der Waals surface area contributed by atoms with Crippen LogP contribution < -0.4 is 45.5 Å². The Hall–Kier alpha value is -1.30. The van der Waals surface area contributed by atoms with Crippen LogP contribution >= 0.6 is 7.82 Å². The molecule has 168 valence electrons. The zero-order chi connectivity index (χ0) is 22.8. The van der Waals surface area contributed by atoms with E-state index in [0.29, 0.717) is 5.56 Å². The predicted octanol–water partition coefficient (Wildman–Crippen LogP) is -1.06. The number of carbonyl (C=O) groups excluding carboxylic acids is 1. The van der Waals surface area contributed by atoms with Gasteiger partial charge in [-0.25, -0.2) is 4.39 Å². The summed E-state index contributed by atoms with van der Waals surface area (Å²) in [4.78, 5) is 35.9. The van der Waals surface area contributed by atoms with Gasteiger partial charge in [-0.15, -0.1) is 0 Å². The number of nitrogens with one attached hydrogen (secondary N) is 1. The number of alkyl halides is 3. The fraction of sp³-hybridized carbons (Fsp3) is 0.368. The molecule has 0 bridgehead atoms. The van der Waals surface area contributed by atoms with Crippen LogP contribution in [-0.4, -0.2) is 34.9 Å². The third-order valence-electron chi connectivity index (χ3n) is 4.94. The molecule has 1 heterocycles. The number of benzene rings is 1. The van der Waals surface area contributed by atoms with E-state index in [-0.39, 0.29) is 40.7 Å². The topological polar surface area (TPSA) is 138 Å². The summed E-state index contributed by atoms with van der Waals surface area (Å²) in [6.07, 6.45) is -1.85. The molecule has 13 heteroatoms. The molecule has 0 spiro atoms. The van der Waals surface area contributed by atoms with Gasteiger partial charge in [0.25, 0.3) is 13.7 Å². The first-order valence-corrected chi connectivity index (χ1v) is 10.7. The van der Waals surface area contributed by atoms with Crippen molar-refractivity contribution in [3.05, 3.63) is 53.9 Å². The normalized spacial score (nSPS) is 18.2. The molecule has 8 nitrogen and oxygen atoms in total. The summed E-state index contributed by atoms with van der Waals surface area (Å²) in [6.45, 7) is -1.42. The summed E-state index contributed by atoms with van der Waals surface area (Å²) in [5, 5.41) is 1.68. The van der Waals surface area contributed by atoms with Gasteiger partial charge in [-0.1, -0.05) is 30.3 Å². The van der Waals surface area contributed by atoms with Crippen LogP contribution in [0.1, 0.15) is 30.2 Å². The van der Waals surface area contributed by atoms with Crippen LogP contribution in [0.4, 0.5) is 13.2 Å². The van der Waals surface area contributed by atoms with E-state index in [2.05, 4.69) is 9.51 Å². The standard InChI is InChI=1S/C19H21F3N3O5P.Na/c20-9-14(25-18(26)17(21)22)16(30-31(27,28)29)12-3-1-11(2-4-12)13-5-6-15(24-10-13)19(23)7-8-19;/h1-6,10,14,16-17H,7-9,23H2,(H,25,26)(H2,27,28,29);/q;+1/p-1/t14-,16-;/m1./s1. The Morgan fingerprint density at radius 1 is 1.25 bits per heavy atom. The third kappa shape index (κ3) is 6.85. The molecule has 3 atom stereocenters. The monoisotopic (exact) mass is 481 g/mol. The summed E-state index contributed by atoms with van der Waals surface area (Å²) in [5.74, 6) is -1.80. The van der Waals surface area contributed by atoms with Crippen molar-refractivity contribution in [3.63, 3.8) is 0 Å². The summed E-state index contributed by atoms with van der Waals surface area (Å²) in [5.41, 5.74) is 7.93. The quantitative estimate of drug-likeness (QED) is 0.307. The minimum Gasteiger partial charge on any atom is -0.756 e. The maximum absolute atomic E-state index is 13.4. The Labute approximate surface area is 204 Å². The van der Waals surface area contributed by atoms with Gasteiger partial charge in [-0.3, -0.25) is 14.3 Å². The number of nitrogens with zero attached hydrogens (tertiary/aromatic N) is 1. The van der Waals surface area contributed by atoms with Crippen molar-refractivity contribution in [1.29, 1.82) is 0 Å². The number of pyridine rings is 1. The van der Waals surface area contributed by atoms with E-state index in [1.807, 2.05) is 6.07 Å². The molecule has 32 heavy (non-hydrogen) atoms.